The third-order valence-electron chi connectivity index (χ3n) is 7.15. The molecule has 204 valence electrons. The van der Waals surface area contributed by atoms with Crippen LogP contribution in [0.25, 0.3) is 11.3 Å². The number of anilines is 1. The van der Waals surface area contributed by atoms with E-state index >= 15 is 0 Å². The Morgan fingerprint density at radius 2 is 1.52 bits per heavy atom. The Bertz CT molecular complexity index is 1460. The lowest BCUT2D eigenvalue weighted by atomic mass is 10.1. The molecule has 1 aliphatic heterocycles. The van der Waals surface area contributed by atoms with Gasteiger partial charge < -0.3 is 14.7 Å². The molecule has 1 aliphatic rings. The smallest absolute Gasteiger partial charge is 0.254 e. The lowest BCUT2D eigenvalue weighted by molar-refractivity contribution is -0.132. The van der Waals surface area contributed by atoms with Crippen LogP contribution < -0.4 is 4.90 Å². The maximum atomic E-state index is 13.5. The third kappa shape index (κ3) is 6.27. The minimum atomic E-state index is -0.262. The van der Waals surface area contributed by atoms with Crippen LogP contribution in [0.15, 0.2) is 91.0 Å². The van der Waals surface area contributed by atoms with Gasteiger partial charge in [0, 0.05) is 42.3 Å². The molecule has 0 bridgehead atoms. The van der Waals surface area contributed by atoms with E-state index in [0.29, 0.717) is 47.5 Å². The van der Waals surface area contributed by atoms with Crippen LogP contribution in [-0.2, 0) is 4.79 Å². The van der Waals surface area contributed by atoms with Crippen LogP contribution in [0.1, 0.15) is 28.9 Å². The van der Waals surface area contributed by atoms with Crippen molar-refractivity contribution in [3.63, 3.8) is 0 Å². The fourth-order valence-corrected chi connectivity index (χ4v) is 5.31. The topological polar surface area (TPSA) is 69.6 Å². The highest BCUT2D eigenvalue weighted by molar-refractivity contribution is 6.36. The number of carbonyl (C=O) groups is 2. The van der Waals surface area contributed by atoms with E-state index in [-0.39, 0.29) is 24.4 Å². The Morgan fingerprint density at radius 3 is 2.15 bits per heavy atom. The van der Waals surface area contributed by atoms with E-state index in [1.165, 1.54) is 0 Å². The number of amides is 2. The predicted molar refractivity (Wildman–Crippen MR) is 159 cm³/mol. The largest absolute Gasteiger partial charge is 0.352 e. The molecule has 9 heteroatoms. The highest BCUT2D eigenvalue weighted by Crippen LogP contribution is 2.29. The molecular weight excluding hydrogens is 545 g/mol. The van der Waals surface area contributed by atoms with Gasteiger partial charge in [0.15, 0.2) is 5.82 Å². The number of nitrogens with zero attached hydrogens (tertiary/aromatic N) is 5. The molecule has 4 aromatic rings. The average molecular weight is 575 g/mol. The molecule has 0 N–H and O–H groups in total. The van der Waals surface area contributed by atoms with Crippen LogP contribution in [0.3, 0.4) is 0 Å². The first-order valence-corrected chi connectivity index (χ1v) is 13.9. The number of halogens is 2. The van der Waals surface area contributed by atoms with E-state index in [9.17, 15) is 9.59 Å². The average Bonchev–Trinajstić information content (AvgIpc) is 3.00. The number of rotatable bonds is 7. The number of benzene rings is 3. The van der Waals surface area contributed by atoms with E-state index in [1.807, 2.05) is 78.6 Å². The Hall–Kier alpha value is -3.94. The van der Waals surface area contributed by atoms with Gasteiger partial charge in [-0.3, -0.25) is 9.59 Å². The normalized spacial score (nSPS) is 14.1. The molecule has 1 fully saturated rings. The van der Waals surface area contributed by atoms with E-state index < -0.39 is 0 Å². The summed E-state index contributed by atoms with van der Waals surface area (Å²) < 4.78 is 0. The van der Waals surface area contributed by atoms with Gasteiger partial charge in [-0.25, -0.2) is 0 Å². The number of aromatic nitrogens is 2. The maximum absolute atomic E-state index is 13.5. The first-order valence-electron chi connectivity index (χ1n) is 13.1. The summed E-state index contributed by atoms with van der Waals surface area (Å²) in [6, 6.07) is 27.7. The second-order valence-corrected chi connectivity index (χ2v) is 10.5. The Balaban J connectivity index is 1.24. The first-order chi connectivity index (χ1) is 19.4. The molecule has 2 heterocycles. The van der Waals surface area contributed by atoms with E-state index in [0.717, 1.165) is 16.9 Å². The molecular formula is C31H29Cl2N5O2. The van der Waals surface area contributed by atoms with Gasteiger partial charge in [0.2, 0.25) is 5.91 Å². The van der Waals surface area contributed by atoms with Crippen molar-refractivity contribution in [1.29, 1.82) is 0 Å². The van der Waals surface area contributed by atoms with Gasteiger partial charge in [-0.05, 0) is 55.0 Å². The highest BCUT2D eigenvalue weighted by atomic mass is 35.5. The molecule has 40 heavy (non-hydrogen) atoms. The van der Waals surface area contributed by atoms with E-state index in [1.54, 1.807) is 29.2 Å². The van der Waals surface area contributed by atoms with Crippen molar-refractivity contribution in [2.75, 3.05) is 37.6 Å². The maximum Gasteiger partial charge on any atom is 0.254 e. The molecule has 0 unspecified atom stereocenters. The van der Waals surface area contributed by atoms with Crippen LogP contribution in [0.2, 0.25) is 10.0 Å². The van der Waals surface area contributed by atoms with Crippen molar-refractivity contribution in [3.8, 4) is 11.3 Å². The van der Waals surface area contributed by atoms with Crippen molar-refractivity contribution in [1.82, 2.24) is 20.0 Å². The fourth-order valence-electron chi connectivity index (χ4n) is 4.81. The van der Waals surface area contributed by atoms with Crippen molar-refractivity contribution in [3.05, 3.63) is 112 Å². The number of hydrogen-bond acceptors (Lipinski definition) is 5. The molecule has 3 aromatic carbocycles. The Morgan fingerprint density at radius 1 is 0.850 bits per heavy atom. The third-order valence-corrected chi connectivity index (χ3v) is 7.70. The molecule has 0 aliphatic carbocycles. The second-order valence-electron chi connectivity index (χ2n) is 9.65. The zero-order chi connectivity index (χ0) is 28.1. The lowest BCUT2D eigenvalue weighted by Gasteiger charge is -2.37. The van der Waals surface area contributed by atoms with Crippen LogP contribution in [0, 0.1) is 0 Å². The minimum Gasteiger partial charge on any atom is -0.352 e. The van der Waals surface area contributed by atoms with Crippen LogP contribution >= 0.6 is 23.2 Å². The zero-order valence-corrected chi connectivity index (χ0v) is 23.6. The summed E-state index contributed by atoms with van der Waals surface area (Å²) in [4.78, 5) is 32.5. The summed E-state index contributed by atoms with van der Waals surface area (Å²) in [6.07, 6.45) is 0. The molecule has 7 nitrogen and oxygen atoms in total. The van der Waals surface area contributed by atoms with Gasteiger partial charge in [0.1, 0.15) is 6.54 Å². The van der Waals surface area contributed by atoms with E-state index in [4.69, 9.17) is 23.2 Å². The summed E-state index contributed by atoms with van der Waals surface area (Å²) in [6.45, 7) is 4.24. The van der Waals surface area contributed by atoms with Crippen LogP contribution in [0.4, 0.5) is 5.82 Å². The summed E-state index contributed by atoms with van der Waals surface area (Å²) in [5.41, 5.74) is 2.96. The van der Waals surface area contributed by atoms with Crippen molar-refractivity contribution >= 4 is 40.8 Å². The quantitative estimate of drug-likeness (QED) is 0.271. The standard InChI is InChI=1S/C31H29Cl2N5O2/c1-22(23-8-4-2-5-9-23)38(31(40)24-10-6-3-7-11-24)21-30(39)37-18-16-36(17-19-37)29-15-14-28(34-35-29)26-13-12-25(32)20-27(26)33/h2-15,20,22H,16-19,21H2,1H3/t22-/m0/s1. The molecule has 5 rings (SSSR count). The Kier molecular flexibility index (Phi) is 8.63. The monoisotopic (exact) mass is 573 g/mol. The number of piperazine rings is 1. The molecule has 2 amide bonds. The van der Waals surface area contributed by atoms with Gasteiger partial charge in [0.25, 0.3) is 5.91 Å². The van der Waals surface area contributed by atoms with Gasteiger partial charge in [0.05, 0.1) is 16.8 Å². The molecule has 0 spiro atoms. The van der Waals surface area contributed by atoms with Gasteiger partial charge in [-0.1, -0.05) is 71.7 Å². The summed E-state index contributed by atoms with van der Waals surface area (Å²) >= 11 is 12.3. The number of carbonyl (C=O) groups excluding carboxylic acids is 2. The second kappa shape index (κ2) is 12.5. The molecule has 0 radical (unpaired) electrons. The van der Waals surface area contributed by atoms with Crippen LogP contribution in [-0.4, -0.2) is 64.5 Å². The molecule has 0 saturated carbocycles. The van der Waals surface area contributed by atoms with Crippen molar-refractivity contribution < 1.29 is 9.59 Å². The van der Waals surface area contributed by atoms with Gasteiger partial charge in [-0.2, -0.15) is 0 Å². The summed E-state index contributed by atoms with van der Waals surface area (Å²) in [5.74, 6) is 0.491. The van der Waals surface area contributed by atoms with Crippen LogP contribution in [0.5, 0.6) is 0 Å². The van der Waals surface area contributed by atoms with Crippen molar-refractivity contribution in [2.45, 2.75) is 13.0 Å². The molecule has 1 atom stereocenters. The predicted octanol–water partition coefficient (Wildman–Crippen LogP) is 6.00. The van der Waals surface area contributed by atoms with Gasteiger partial charge in [-0.15, -0.1) is 10.2 Å². The lowest BCUT2D eigenvalue weighted by Crippen LogP contribution is -2.52. The minimum absolute atomic E-state index is 0.000142. The number of hydrogen-bond donors (Lipinski definition) is 0. The first kappa shape index (κ1) is 27.6. The van der Waals surface area contributed by atoms with Crippen molar-refractivity contribution in [2.24, 2.45) is 0 Å². The van der Waals surface area contributed by atoms with E-state index in [2.05, 4.69) is 15.1 Å². The highest BCUT2D eigenvalue weighted by Gasteiger charge is 2.29. The molecule has 1 saturated heterocycles. The van der Waals surface area contributed by atoms with Gasteiger partial charge >= 0.3 is 0 Å². The Labute approximate surface area is 243 Å². The zero-order valence-electron chi connectivity index (χ0n) is 22.1. The fraction of sp³-hybridized carbons (Fsp3) is 0.226. The summed E-state index contributed by atoms with van der Waals surface area (Å²) in [7, 11) is 0. The SMILES string of the molecule is C[C@@H](c1ccccc1)N(CC(=O)N1CCN(c2ccc(-c3ccc(Cl)cc3Cl)nn2)CC1)C(=O)c1ccccc1. The summed E-state index contributed by atoms with van der Waals surface area (Å²) in [5, 5.41) is 9.84. The molecule has 1 aromatic heterocycles.